The molecule has 0 unspecified atom stereocenters. The Morgan fingerprint density at radius 1 is 0.952 bits per heavy atom. The van der Waals surface area contributed by atoms with Crippen LogP contribution in [0.3, 0.4) is 0 Å². The van der Waals surface area contributed by atoms with E-state index in [-0.39, 0.29) is 11.2 Å². The monoisotopic (exact) mass is 294 g/mol. The van der Waals surface area contributed by atoms with Gasteiger partial charge in [-0.1, -0.05) is 19.8 Å². The van der Waals surface area contributed by atoms with Crippen molar-refractivity contribution in [1.29, 1.82) is 0 Å². The molecule has 1 fully saturated rings. The summed E-state index contributed by atoms with van der Waals surface area (Å²) in [6.45, 7) is 14.2. The Kier molecular flexibility index (Phi) is 4.40. The molecule has 2 aliphatic rings. The second-order valence-corrected chi connectivity index (χ2v) is 7.61. The van der Waals surface area contributed by atoms with E-state index in [1.54, 1.807) is 0 Å². The lowest BCUT2D eigenvalue weighted by Gasteiger charge is -2.32. The van der Waals surface area contributed by atoms with Crippen molar-refractivity contribution in [3.8, 4) is 0 Å². The summed E-state index contributed by atoms with van der Waals surface area (Å²) in [6.07, 6.45) is 2.92. The molecule has 0 atom stereocenters. The second kappa shape index (κ2) is 5.41. The molecule has 0 amide bonds. The highest BCUT2D eigenvalue weighted by molar-refractivity contribution is 6.63. The highest BCUT2D eigenvalue weighted by Crippen LogP contribution is 2.45. The van der Waals surface area contributed by atoms with E-state index in [0.29, 0.717) is 0 Å². The van der Waals surface area contributed by atoms with Crippen LogP contribution in [-0.2, 0) is 14.0 Å². The molecular formula is C15H28B2O4. The molecular weight excluding hydrogens is 266 g/mol. The average molecular weight is 294 g/mol. The summed E-state index contributed by atoms with van der Waals surface area (Å²) in [6, 6.07) is 0. The molecule has 4 nitrogen and oxygen atoms in total. The fourth-order valence-corrected chi connectivity index (χ4v) is 2.95. The summed E-state index contributed by atoms with van der Waals surface area (Å²) in [5, 5.41) is 10.3. The van der Waals surface area contributed by atoms with Gasteiger partial charge in [-0.05, 0) is 58.9 Å². The summed E-state index contributed by atoms with van der Waals surface area (Å²) in [7, 11) is -1.30. The third-order valence-electron chi connectivity index (χ3n) is 4.99. The fraction of sp³-hybridized carbons (Fsp3) is 0.867. The Hall–Kier alpha value is -0.290. The highest BCUT2D eigenvalue weighted by Gasteiger charge is 2.58. The lowest BCUT2D eigenvalue weighted by atomic mass is 9.62. The normalized spacial score (nSPS) is 26.9. The van der Waals surface area contributed by atoms with Gasteiger partial charge in [0.25, 0.3) is 0 Å². The van der Waals surface area contributed by atoms with Crippen molar-refractivity contribution in [2.75, 3.05) is 0 Å². The van der Waals surface area contributed by atoms with Gasteiger partial charge in [-0.15, -0.1) is 0 Å². The van der Waals surface area contributed by atoms with Crippen LogP contribution in [0, 0.1) is 0 Å². The first kappa shape index (κ1) is 17.1. The molecule has 21 heavy (non-hydrogen) atoms. The zero-order chi connectivity index (χ0) is 16.1. The van der Waals surface area contributed by atoms with E-state index in [1.807, 2.05) is 41.5 Å². The Morgan fingerprint density at radius 3 is 1.95 bits per heavy atom. The van der Waals surface area contributed by atoms with Crippen molar-refractivity contribution in [3.05, 3.63) is 10.9 Å². The lowest BCUT2D eigenvalue weighted by molar-refractivity contribution is 0.00578. The minimum absolute atomic E-state index is 0.385. The van der Waals surface area contributed by atoms with Crippen LogP contribution in [0.5, 0.6) is 0 Å². The van der Waals surface area contributed by atoms with Gasteiger partial charge in [0.2, 0.25) is 0 Å². The van der Waals surface area contributed by atoms with Crippen LogP contribution in [0.15, 0.2) is 10.9 Å². The minimum atomic E-state index is -0.847. The van der Waals surface area contributed by atoms with Crippen molar-refractivity contribution in [2.24, 2.45) is 0 Å². The van der Waals surface area contributed by atoms with Crippen molar-refractivity contribution in [1.82, 2.24) is 0 Å². The minimum Gasteiger partial charge on any atom is -0.423 e. The Balaban J connectivity index is 2.36. The molecule has 0 spiro atoms. The number of allylic oxidation sites excluding steroid dienone is 1. The maximum Gasteiger partial charge on any atom is 0.492 e. The summed E-state index contributed by atoms with van der Waals surface area (Å²) < 4.78 is 18.1. The van der Waals surface area contributed by atoms with E-state index >= 15 is 0 Å². The molecule has 0 aromatic carbocycles. The van der Waals surface area contributed by atoms with Crippen LogP contribution in [0.1, 0.15) is 67.7 Å². The quantitative estimate of drug-likeness (QED) is 0.810. The van der Waals surface area contributed by atoms with E-state index < -0.39 is 19.8 Å². The van der Waals surface area contributed by atoms with E-state index in [4.69, 9.17) is 14.0 Å². The summed E-state index contributed by atoms with van der Waals surface area (Å²) in [5.41, 5.74) is 0.556. The molecule has 0 aliphatic carbocycles. The zero-order valence-electron chi connectivity index (χ0n) is 14.4. The van der Waals surface area contributed by atoms with Gasteiger partial charge >= 0.3 is 14.2 Å². The summed E-state index contributed by atoms with van der Waals surface area (Å²) >= 11 is 0. The number of rotatable bonds is 4. The van der Waals surface area contributed by atoms with Gasteiger partial charge < -0.3 is 19.0 Å². The summed E-state index contributed by atoms with van der Waals surface area (Å²) in [5.74, 6) is 0. The smallest absolute Gasteiger partial charge is 0.423 e. The fourth-order valence-electron chi connectivity index (χ4n) is 2.95. The Bertz CT molecular complexity index is 427. The van der Waals surface area contributed by atoms with Crippen LogP contribution in [0.4, 0.5) is 0 Å². The summed E-state index contributed by atoms with van der Waals surface area (Å²) in [4.78, 5) is 0. The molecule has 0 saturated carbocycles. The van der Waals surface area contributed by atoms with Gasteiger partial charge in [0, 0.05) is 0 Å². The molecule has 2 rings (SSSR count). The first-order valence-corrected chi connectivity index (χ1v) is 7.97. The van der Waals surface area contributed by atoms with Gasteiger partial charge in [0.1, 0.15) is 0 Å². The van der Waals surface area contributed by atoms with E-state index in [9.17, 15) is 5.02 Å². The van der Waals surface area contributed by atoms with Crippen molar-refractivity contribution in [2.45, 2.75) is 84.5 Å². The number of hydrogen-bond donors (Lipinski definition) is 1. The van der Waals surface area contributed by atoms with Gasteiger partial charge in [0.15, 0.2) is 0 Å². The van der Waals surface area contributed by atoms with Gasteiger partial charge in [-0.2, -0.15) is 0 Å². The average Bonchev–Trinajstić information content (AvgIpc) is 2.65. The predicted molar refractivity (Wildman–Crippen MR) is 85.8 cm³/mol. The Labute approximate surface area is 129 Å². The first-order valence-electron chi connectivity index (χ1n) is 7.97. The van der Waals surface area contributed by atoms with Crippen molar-refractivity contribution >= 4 is 14.2 Å². The van der Waals surface area contributed by atoms with Crippen molar-refractivity contribution < 1.29 is 19.0 Å². The van der Waals surface area contributed by atoms with Crippen LogP contribution < -0.4 is 0 Å². The van der Waals surface area contributed by atoms with Crippen LogP contribution in [-0.4, -0.2) is 36.1 Å². The topological polar surface area (TPSA) is 47.9 Å². The van der Waals surface area contributed by atoms with Gasteiger partial charge in [-0.3, -0.25) is 0 Å². The predicted octanol–water partition coefficient (Wildman–Crippen LogP) is 2.93. The zero-order valence-corrected chi connectivity index (χ0v) is 14.4. The molecule has 118 valence electrons. The third kappa shape index (κ3) is 2.96. The van der Waals surface area contributed by atoms with E-state index in [0.717, 1.165) is 30.2 Å². The Morgan fingerprint density at radius 2 is 1.48 bits per heavy atom. The number of hydrogen-bond acceptors (Lipinski definition) is 4. The largest absolute Gasteiger partial charge is 0.492 e. The van der Waals surface area contributed by atoms with Crippen LogP contribution >= 0.6 is 0 Å². The molecule has 0 bridgehead atoms. The molecule has 2 aliphatic heterocycles. The third-order valence-corrected chi connectivity index (χ3v) is 4.99. The standard InChI is InChI=1S/C15H28B2O4/c1-8-9-10-11-12(13(2,3)19-16(11)18)17-20-14(4,5)15(6,7)21-17/h18H,8-10H2,1-7H3. The molecule has 0 radical (unpaired) electrons. The van der Waals surface area contributed by atoms with Crippen LogP contribution in [0.25, 0.3) is 0 Å². The molecule has 0 aromatic rings. The maximum atomic E-state index is 10.3. The lowest BCUT2D eigenvalue weighted by Crippen LogP contribution is -2.41. The first-order chi connectivity index (χ1) is 9.52. The van der Waals surface area contributed by atoms with Crippen molar-refractivity contribution in [3.63, 3.8) is 0 Å². The van der Waals surface area contributed by atoms with Crippen LogP contribution in [0.2, 0.25) is 0 Å². The van der Waals surface area contributed by atoms with E-state index in [1.165, 1.54) is 0 Å². The molecule has 1 saturated heterocycles. The number of unbranched alkanes of at least 4 members (excludes halogenated alkanes) is 1. The maximum absolute atomic E-state index is 10.3. The molecule has 0 aromatic heterocycles. The molecule has 1 N–H and O–H groups in total. The van der Waals surface area contributed by atoms with Gasteiger partial charge in [-0.25, -0.2) is 0 Å². The molecule has 2 heterocycles. The van der Waals surface area contributed by atoms with Gasteiger partial charge in [0.05, 0.1) is 16.8 Å². The SMILES string of the molecule is CCCCC1=C(B2OC(C)(C)C(C)(C)O2)C(C)(C)OB1O. The second-order valence-electron chi connectivity index (χ2n) is 7.61. The van der Waals surface area contributed by atoms with E-state index in [2.05, 4.69) is 6.92 Å². The highest BCUT2D eigenvalue weighted by atomic mass is 16.7. The molecule has 6 heteroatoms.